The lowest BCUT2D eigenvalue weighted by Crippen LogP contribution is -2.44. The van der Waals surface area contributed by atoms with Gasteiger partial charge < -0.3 is 20.1 Å². The number of amides is 1. The molecule has 3 aromatic rings. The number of hydrogen-bond donors (Lipinski definition) is 2. The number of aromatic amines is 1. The second-order valence-corrected chi connectivity index (χ2v) is 6.93. The summed E-state index contributed by atoms with van der Waals surface area (Å²) in [5, 5.41) is 12.5. The van der Waals surface area contributed by atoms with Crippen LogP contribution >= 0.6 is 0 Å². The van der Waals surface area contributed by atoms with Crippen LogP contribution in [0.4, 0.5) is 5.82 Å². The average Bonchev–Trinajstić information content (AvgIpc) is 3.12. The summed E-state index contributed by atoms with van der Waals surface area (Å²) in [5.74, 6) is 0.644. The molecule has 140 valence electrons. The number of rotatable bonds is 5. The van der Waals surface area contributed by atoms with Crippen LogP contribution in [0, 0.1) is 0 Å². The molecule has 2 N–H and O–H groups in total. The summed E-state index contributed by atoms with van der Waals surface area (Å²) in [6, 6.07) is 11.8. The number of carbonyl (C=O) groups is 1. The summed E-state index contributed by atoms with van der Waals surface area (Å²) in [6.45, 7) is 4.45. The number of aromatic nitrogens is 3. The van der Waals surface area contributed by atoms with Crippen molar-refractivity contribution in [3.63, 3.8) is 0 Å². The first kappa shape index (κ1) is 17.5. The molecule has 3 heterocycles. The van der Waals surface area contributed by atoms with Gasteiger partial charge in [0.15, 0.2) is 11.5 Å². The standard InChI is InChI=1S/C20H24N6O/c1-25-10-12-26(13-11-25)19-7-6-18(23-24-19)20(27)21-9-8-15-14-22-17-5-3-2-4-16(15)17/h2-7,14,22H,8-13H2,1H3,(H,21,27). The summed E-state index contributed by atoms with van der Waals surface area (Å²) in [7, 11) is 2.12. The van der Waals surface area contributed by atoms with Gasteiger partial charge in [0.1, 0.15) is 0 Å². The van der Waals surface area contributed by atoms with Gasteiger partial charge in [-0.25, -0.2) is 0 Å². The maximum atomic E-state index is 12.3. The summed E-state index contributed by atoms with van der Waals surface area (Å²) < 4.78 is 0. The van der Waals surface area contributed by atoms with E-state index < -0.39 is 0 Å². The average molecular weight is 364 g/mol. The molecule has 1 fully saturated rings. The fraction of sp³-hybridized carbons (Fsp3) is 0.350. The molecule has 2 aromatic heterocycles. The Morgan fingerprint density at radius 3 is 2.70 bits per heavy atom. The third kappa shape index (κ3) is 3.93. The lowest BCUT2D eigenvalue weighted by Gasteiger charge is -2.32. The highest BCUT2D eigenvalue weighted by molar-refractivity contribution is 5.92. The van der Waals surface area contributed by atoms with Crippen molar-refractivity contribution < 1.29 is 4.79 Å². The van der Waals surface area contributed by atoms with Crippen molar-refractivity contribution in [2.75, 3.05) is 44.7 Å². The minimum Gasteiger partial charge on any atom is -0.361 e. The van der Waals surface area contributed by atoms with Crippen molar-refractivity contribution in [1.29, 1.82) is 0 Å². The summed E-state index contributed by atoms with van der Waals surface area (Å²) in [6.07, 6.45) is 2.77. The van der Waals surface area contributed by atoms with Crippen molar-refractivity contribution in [3.8, 4) is 0 Å². The molecular weight excluding hydrogens is 340 g/mol. The Labute approximate surface area is 158 Å². The van der Waals surface area contributed by atoms with E-state index in [1.807, 2.05) is 24.4 Å². The molecule has 0 bridgehead atoms. The van der Waals surface area contributed by atoms with Gasteiger partial charge in [-0.05, 0) is 37.2 Å². The first-order valence-electron chi connectivity index (χ1n) is 9.31. The molecule has 1 aliphatic heterocycles. The fourth-order valence-electron chi connectivity index (χ4n) is 3.39. The van der Waals surface area contributed by atoms with E-state index in [4.69, 9.17) is 0 Å². The molecule has 1 saturated heterocycles. The first-order chi connectivity index (χ1) is 13.2. The normalized spacial score (nSPS) is 15.2. The number of piperazine rings is 1. The van der Waals surface area contributed by atoms with E-state index in [2.05, 4.69) is 49.5 Å². The van der Waals surface area contributed by atoms with Gasteiger partial charge in [-0.3, -0.25) is 4.79 Å². The van der Waals surface area contributed by atoms with Crippen LogP contribution in [-0.4, -0.2) is 65.8 Å². The number of benzene rings is 1. The molecular formula is C20H24N6O. The van der Waals surface area contributed by atoms with Gasteiger partial charge in [0.2, 0.25) is 0 Å². The molecule has 0 atom stereocenters. The molecule has 1 aliphatic rings. The number of likely N-dealkylation sites (N-methyl/N-ethyl adjacent to an activating group) is 1. The number of carbonyl (C=O) groups excluding carboxylic acids is 1. The molecule has 4 rings (SSSR count). The van der Waals surface area contributed by atoms with E-state index in [1.54, 1.807) is 6.07 Å². The van der Waals surface area contributed by atoms with Crippen molar-refractivity contribution in [2.45, 2.75) is 6.42 Å². The van der Waals surface area contributed by atoms with E-state index in [0.717, 1.165) is 43.9 Å². The molecule has 0 radical (unpaired) electrons. The van der Waals surface area contributed by atoms with E-state index >= 15 is 0 Å². The number of H-pyrrole nitrogens is 1. The second-order valence-electron chi connectivity index (χ2n) is 6.93. The molecule has 0 unspecified atom stereocenters. The van der Waals surface area contributed by atoms with E-state index in [0.29, 0.717) is 12.2 Å². The van der Waals surface area contributed by atoms with E-state index in [-0.39, 0.29) is 5.91 Å². The molecule has 0 aliphatic carbocycles. The van der Waals surface area contributed by atoms with E-state index in [1.165, 1.54) is 10.9 Å². The zero-order chi connectivity index (χ0) is 18.6. The number of fused-ring (bicyclic) bond motifs is 1. The maximum Gasteiger partial charge on any atom is 0.271 e. The molecule has 0 spiro atoms. The van der Waals surface area contributed by atoms with Crippen LogP contribution in [0.5, 0.6) is 0 Å². The maximum absolute atomic E-state index is 12.3. The Kier molecular flexibility index (Phi) is 5.02. The Hall–Kier alpha value is -2.93. The second kappa shape index (κ2) is 7.75. The Morgan fingerprint density at radius 2 is 1.93 bits per heavy atom. The predicted octanol–water partition coefficient (Wildman–Crippen LogP) is 1.68. The van der Waals surface area contributed by atoms with Crippen LogP contribution in [0.2, 0.25) is 0 Å². The molecule has 7 heteroatoms. The SMILES string of the molecule is CN1CCN(c2ccc(C(=O)NCCc3c[nH]c4ccccc34)nn2)CC1. The Morgan fingerprint density at radius 1 is 1.11 bits per heavy atom. The first-order valence-corrected chi connectivity index (χ1v) is 9.31. The predicted molar refractivity (Wildman–Crippen MR) is 106 cm³/mol. The van der Waals surface area contributed by atoms with Crippen LogP contribution in [0.25, 0.3) is 10.9 Å². The third-order valence-electron chi connectivity index (χ3n) is 5.07. The minimum atomic E-state index is -0.188. The zero-order valence-electron chi connectivity index (χ0n) is 15.5. The van der Waals surface area contributed by atoms with Crippen molar-refractivity contribution in [1.82, 2.24) is 25.4 Å². The van der Waals surface area contributed by atoms with Gasteiger partial charge in [-0.15, -0.1) is 10.2 Å². The topological polar surface area (TPSA) is 77.1 Å². The van der Waals surface area contributed by atoms with Gasteiger partial charge in [-0.2, -0.15) is 0 Å². The Bertz CT molecular complexity index is 912. The summed E-state index contributed by atoms with van der Waals surface area (Å²) in [5.41, 5.74) is 2.67. The zero-order valence-corrected chi connectivity index (χ0v) is 15.5. The minimum absolute atomic E-state index is 0.188. The number of para-hydroxylation sites is 1. The third-order valence-corrected chi connectivity index (χ3v) is 5.07. The van der Waals surface area contributed by atoms with Crippen LogP contribution in [0.15, 0.2) is 42.6 Å². The number of hydrogen-bond acceptors (Lipinski definition) is 5. The van der Waals surface area contributed by atoms with E-state index in [9.17, 15) is 4.79 Å². The van der Waals surface area contributed by atoms with Crippen LogP contribution in [0.3, 0.4) is 0 Å². The lowest BCUT2D eigenvalue weighted by atomic mass is 10.1. The lowest BCUT2D eigenvalue weighted by molar-refractivity contribution is 0.0948. The van der Waals surface area contributed by atoms with Crippen molar-refractivity contribution in [2.24, 2.45) is 0 Å². The molecule has 1 aromatic carbocycles. The van der Waals surface area contributed by atoms with Gasteiger partial charge in [-0.1, -0.05) is 18.2 Å². The smallest absolute Gasteiger partial charge is 0.271 e. The molecule has 27 heavy (non-hydrogen) atoms. The highest BCUT2D eigenvalue weighted by atomic mass is 16.1. The molecule has 0 saturated carbocycles. The highest BCUT2D eigenvalue weighted by Crippen LogP contribution is 2.17. The highest BCUT2D eigenvalue weighted by Gasteiger charge is 2.16. The summed E-state index contributed by atoms with van der Waals surface area (Å²) >= 11 is 0. The molecule has 7 nitrogen and oxygen atoms in total. The van der Waals surface area contributed by atoms with Gasteiger partial charge >= 0.3 is 0 Å². The van der Waals surface area contributed by atoms with Crippen molar-refractivity contribution >= 4 is 22.6 Å². The quantitative estimate of drug-likeness (QED) is 0.720. The largest absolute Gasteiger partial charge is 0.361 e. The molecule has 1 amide bonds. The Balaban J connectivity index is 1.32. The number of anilines is 1. The number of nitrogens with zero attached hydrogens (tertiary/aromatic N) is 4. The number of nitrogens with one attached hydrogen (secondary N) is 2. The summed E-state index contributed by atoms with van der Waals surface area (Å²) in [4.78, 5) is 20.1. The van der Waals surface area contributed by atoms with Crippen LogP contribution in [-0.2, 0) is 6.42 Å². The van der Waals surface area contributed by atoms with Gasteiger partial charge in [0.05, 0.1) is 0 Å². The van der Waals surface area contributed by atoms with Gasteiger partial charge in [0, 0.05) is 49.8 Å². The van der Waals surface area contributed by atoms with Crippen LogP contribution < -0.4 is 10.2 Å². The van der Waals surface area contributed by atoms with Gasteiger partial charge in [0.25, 0.3) is 5.91 Å². The van der Waals surface area contributed by atoms with Crippen LogP contribution in [0.1, 0.15) is 16.1 Å². The monoisotopic (exact) mass is 364 g/mol. The fourth-order valence-corrected chi connectivity index (χ4v) is 3.39. The van der Waals surface area contributed by atoms with Crippen molar-refractivity contribution in [3.05, 3.63) is 53.9 Å².